The Hall–Kier alpha value is -2.74. The number of nitrogens with zero attached hydrogens (tertiary/aromatic N) is 2. The number of cyclic esters (lactones) is 1. The van der Waals surface area contributed by atoms with Gasteiger partial charge in [0, 0.05) is 38.9 Å². The van der Waals surface area contributed by atoms with E-state index >= 15 is 0 Å². The molecule has 4 rings (SSSR count). The third kappa shape index (κ3) is 3.32. The monoisotopic (exact) mass is 445 g/mol. The minimum Gasteiger partial charge on any atom is -0.442 e. The van der Waals surface area contributed by atoms with Crippen molar-refractivity contribution in [2.45, 2.75) is 37.5 Å². The van der Waals surface area contributed by atoms with E-state index in [9.17, 15) is 19.2 Å². The molecule has 10 heteroatoms. The highest BCUT2D eigenvalue weighted by atomic mass is 19.1. The molecule has 1 aromatic rings. The molecule has 32 heavy (non-hydrogen) atoms. The van der Waals surface area contributed by atoms with Crippen LogP contribution in [0.4, 0.5) is 14.9 Å². The van der Waals surface area contributed by atoms with Crippen LogP contribution in [0.2, 0.25) is 0 Å². The molecule has 2 amide bonds. The lowest BCUT2D eigenvalue weighted by molar-refractivity contribution is -0.127. The first-order chi connectivity index (χ1) is 15.4. The number of nitrogens with two attached hydrogens (primary N) is 1. The summed E-state index contributed by atoms with van der Waals surface area (Å²) in [6.45, 7) is 3.96. The zero-order chi connectivity index (χ0) is 22.9. The van der Waals surface area contributed by atoms with Gasteiger partial charge in [-0.15, -0.1) is 0 Å². The second-order valence-electron chi connectivity index (χ2n) is 8.65. The summed E-state index contributed by atoms with van der Waals surface area (Å²) in [5.74, 6) is -2.05. The van der Waals surface area contributed by atoms with Crippen molar-refractivity contribution in [1.82, 2.24) is 10.6 Å². The van der Waals surface area contributed by atoms with Crippen LogP contribution in [0.1, 0.15) is 19.8 Å². The minimum atomic E-state index is -1.34. The topological polar surface area (TPSA) is 130 Å². The van der Waals surface area contributed by atoms with Crippen LogP contribution in [-0.2, 0) is 14.3 Å². The van der Waals surface area contributed by atoms with E-state index in [1.54, 1.807) is 13.0 Å². The van der Waals surface area contributed by atoms with E-state index in [1.165, 1.54) is 23.1 Å². The van der Waals surface area contributed by atoms with Crippen molar-refractivity contribution in [1.29, 1.82) is 5.26 Å². The van der Waals surface area contributed by atoms with Crippen molar-refractivity contribution >= 4 is 17.7 Å². The molecule has 3 heterocycles. The molecular weight excluding hydrogens is 417 g/mol. The third-order valence-corrected chi connectivity index (χ3v) is 7.08. The number of piperazine rings is 1. The normalized spacial score (nSPS) is 30.9. The van der Waals surface area contributed by atoms with E-state index in [0.717, 1.165) is 0 Å². The van der Waals surface area contributed by atoms with Gasteiger partial charge in [-0.05, 0) is 38.0 Å². The summed E-state index contributed by atoms with van der Waals surface area (Å²) < 4.78 is 25.7. The molecule has 3 saturated heterocycles. The van der Waals surface area contributed by atoms with E-state index in [4.69, 9.17) is 15.2 Å². The zero-order valence-electron chi connectivity index (χ0n) is 18.0. The number of ether oxygens (including phenoxy) is 2. The Morgan fingerprint density at radius 2 is 2.12 bits per heavy atom. The van der Waals surface area contributed by atoms with Crippen LogP contribution in [0.3, 0.4) is 0 Å². The smallest absolute Gasteiger partial charge is 0.415 e. The molecule has 0 bridgehead atoms. The number of primary amides is 1. The first kappa shape index (κ1) is 22.5. The third-order valence-electron chi connectivity index (χ3n) is 7.08. The quantitative estimate of drug-likeness (QED) is 0.614. The second kappa shape index (κ2) is 8.65. The van der Waals surface area contributed by atoms with Gasteiger partial charge >= 0.3 is 6.09 Å². The van der Waals surface area contributed by atoms with Crippen LogP contribution in [0.5, 0.6) is 0 Å². The minimum absolute atomic E-state index is 0.266. The fraction of sp³-hybridized carbons (Fsp3) is 0.591. The molecular formula is C22H28FN5O4. The summed E-state index contributed by atoms with van der Waals surface area (Å²) in [6, 6.07) is 7.66. The zero-order valence-corrected chi connectivity index (χ0v) is 18.0. The molecule has 3 aliphatic rings. The van der Waals surface area contributed by atoms with Gasteiger partial charge in [0.2, 0.25) is 5.91 Å². The van der Waals surface area contributed by atoms with Gasteiger partial charge < -0.3 is 25.8 Å². The molecule has 3 aliphatic heterocycles. The average Bonchev–Trinajstić information content (AvgIpc) is 3.13. The van der Waals surface area contributed by atoms with Crippen LogP contribution >= 0.6 is 0 Å². The summed E-state index contributed by atoms with van der Waals surface area (Å²) >= 11 is 0. The highest BCUT2D eigenvalue weighted by molar-refractivity contribution is 5.94. The first-order valence-electron chi connectivity index (χ1n) is 10.9. The number of amides is 2. The Kier molecular flexibility index (Phi) is 6.07. The number of rotatable bonds is 5. The van der Waals surface area contributed by atoms with Gasteiger partial charge in [-0.1, -0.05) is 6.07 Å². The largest absolute Gasteiger partial charge is 0.442 e. The standard InChI is InChI=1S/C22H28FN5O4/c1-14(19(25)29)18-22(17-12-26-7-8-27-17,21(13-24)5-9-31-10-6-21)28(20(30)32-18)16-4-2-3-15(23)11-16/h2-4,11,14,17-18,26-27H,5-10,12H2,1H3,(H2,25,29). The van der Waals surface area contributed by atoms with Crippen molar-refractivity contribution in [2.75, 3.05) is 37.7 Å². The van der Waals surface area contributed by atoms with E-state index in [0.29, 0.717) is 45.7 Å². The molecule has 0 spiro atoms. The Bertz CT molecular complexity index is 925. The SMILES string of the molecule is CC(C(N)=O)C1OC(=O)N(c2cccc(F)c2)C1(C1CNCCN1)C1(C#N)CCOCC1. The number of carbonyl (C=O) groups excluding carboxylic acids is 2. The highest BCUT2D eigenvalue weighted by Crippen LogP contribution is 2.55. The molecule has 4 atom stereocenters. The lowest BCUT2D eigenvalue weighted by atomic mass is 9.57. The van der Waals surface area contributed by atoms with Crippen molar-refractivity contribution in [3.8, 4) is 6.07 Å². The fourth-order valence-electron chi connectivity index (χ4n) is 5.56. The Balaban J connectivity index is 2.01. The maximum absolute atomic E-state index is 14.3. The van der Waals surface area contributed by atoms with E-state index < -0.39 is 46.8 Å². The molecule has 1 aromatic carbocycles. The number of carbonyl (C=O) groups is 2. The molecule has 0 aromatic heterocycles. The predicted octanol–water partition coefficient (Wildman–Crippen LogP) is 0.893. The lowest BCUT2D eigenvalue weighted by Crippen LogP contribution is -2.77. The first-order valence-corrected chi connectivity index (χ1v) is 10.9. The van der Waals surface area contributed by atoms with Gasteiger partial charge in [0.1, 0.15) is 17.5 Å². The van der Waals surface area contributed by atoms with Crippen LogP contribution < -0.4 is 21.3 Å². The molecule has 0 saturated carbocycles. The van der Waals surface area contributed by atoms with E-state index in [1.807, 2.05) is 0 Å². The number of hydrogen-bond acceptors (Lipinski definition) is 7. The van der Waals surface area contributed by atoms with Crippen molar-refractivity contribution < 1.29 is 23.5 Å². The molecule has 172 valence electrons. The average molecular weight is 445 g/mol. The number of benzene rings is 1. The number of nitrogens with one attached hydrogen (secondary N) is 2. The van der Waals surface area contributed by atoms with Crippen LogP contribution in [0, 0.1) is 28.5 Å². The summed E-state index contributed by atoms with van der Waals surface area (Å²) in [6.07, 6.45) is -1.11. The molecule has 4 unspecified atom stereocenters. The van der Waals surface area contributed by atoms with Crippen molar-refractivity contribution in [2.24, 2.45) is 17.1 Å². The van der Waals surface area contributed by atoms with Crippen molar-refractivity contribution in [3.05, 3.63) is 30.1 Å². The molecule has 3 fully saturated rings. The predicted molar refractivity (Wildman–Crippen MR) is 113 cm³/mol. The molecule has 9 nitrogen and oxygen atoms in total. The summed E-state index contributed by atoms with van der Waals surface area (Å²) in [5.41, 5.74) is 3.48. The van der Waals surface area contributed by atoms with Gasteiger partial charge in [-0.2, -0.15) is 5.26 Å². The number of halogens is 1. The van der Waals surface area contributed by atoms with Crippen molar-refractivity contribution in [3.63, 3.8) is 0 Å². The van der Waals surface area contributed by atoms with Crippen LogP contribution in [0.15, 0.2) is 24.3 Å². The fourth-order valence-corrected chi connectivity index (χ4v) is 5.56. The Morgan fingerprint density at radius 1 is 1.38 bits per heavy atom. The maximum Gasteiger partial charge on any atom is 0.415 e. The van der Waals surface area contributed by atoms with Gasteiger partial charge in [0.25, 0.3) is 0 Å². The lowest BCUT2D eigenvalue weighted by Gasteiger charge is -2.56. The highest BCUT2D eigenvalue weighted by Gasteiger charge is 2.72. The van der Waals surface area contributed by atoms with Gasteiger partial charge in [0.05, 0.1) is 23.1 Å². The second-order valence-corrected chi connectivity index (χ2v) is 8.65. The maximum atomic E-state index is 14.3. The summed E-state index contributed by atoms with van der Waals surface area (Å²) in [7, 11) is 0. The van der Waals surface area contributed by atoms with Gasteiger partial charge in [-0.3, -0.25) is 9.69 Å². The molecule has 4 N–H and O–H groups in total. The van der Waals surface area contributed by atoms with E-state index in [-0.39, 0.29) is 5.69 Å². The molecule has 0 aliphatic carbocycles. The Morgan fingerprint density at radius 3 is 2.72 bits per heavy atom. The number of nitriles is 1. The molecule has 0 radical (unpaired) electrons. The summed E-state index contributed by atoms with van der Waals surface area (Å²) in [5, 5.41) is 17.4. The van der Waals surface area contributed by atoms with Crippen LogP contribution in [0.25, 0.3) is 0 Å². The summed E-state index contributed by atoms with van der Waals surface area (Å²) in [4.78, 5) is 27.2. The number of hydrogen-bond donors (Lipinski definition) is 3. The number of anilines is 1. The van der Waals surface area contributed by atoms with Gasteiger partial charge in [0.15, 0.2) is 0 Å². The van der Waals surface area contributed by atoms with Crippen LogP contribution in [-0.4, -0.2) is 62.5 Å². The van der Waals surface area contributed by atoms with Gasteiger partial charge in [-0.25, -0.2) is 9.18 Å². The van der Waals surface area contributed by atoms with E-state index in [2.05, 4.69) is 16.7 Å². The Labute approximate surface area is 186 Å².